The summed E-state index contributed by atoms with van der Waals surface area (Å²) in [4.78, 5) is 42.0. The van der Waals surface area contributed by atoms with Gasteiger partial charge in [-0.2, -0.15) is 0 Å². The fourth-order valence-electron chi connectivity index (χ4n) is 6.33. The molecule has 0 bridgehead atoms. The van der Waals surface area contributed by atoms with Crippen molar-refractivity contribution in [2.75, 3.05) is 19.6 Å². The zero-order valence-electron chi connectivity index (χ0n) is 24.2. The summed E-state index contributed by atoms with van der Waals surface area (Å²) in [5.74, 6) is 0.266. The number of hydrogen-bond donors (Lipinski definition) is 2. The van der Waals surface area contributed by atoms with Gasteiger partial charge in [0, 0.05) is 41.4 Å². The monoisotopic (exact) mass is 551 g/mol. The minimum atomic E-state index is -0.171. The van der Waals surface area contributed by atoms with Gasteiger partial charge in [-0.05, 0) is 68.2 Å². The number of carbonyl (C=O) groups excluding carboxylic acids is 3. The molecule has 2 amide bonds. The molecule has 2 aliphatic rings. The Labute approximate surface area is 243 Å². The first-order valence-electron chi connectivity index (χ1n) is 15.1. The summed E-state index contributed by atoms with van der Waals surface area (Å²) in [5.41, 5.74) is 4.63. The number of nitrogens with one attached hydrogen (secondary N) is 2. The van der Waals surface area contributed by atoms with Gasteiger partial charge in [-0.1, -0.05) is 80.6 Å². The first-order valence-corrected chi connectivity index (χ1v) is 15.1. The molecule has 1 saturated heterocycles. The Morgan fingerprint density at radius 2 is 1.63 bits per heavy atom. The number of aryl methyl sites for hydroxylation is 1. The molecular weight excluding hydrogens is 510 g/mol. The van der Waals surface area contributed by atoms with Gasteiger partial charge in [0.15, 0.2) is 5.78 Å². The normalized spacial score (nSPS) is 16.9. The van der Waals surface area contributed by atoms with E-state index in [1.54, 1.807) is 18.2 Å². The van der Waals surface area contributed by atoms with Crippen LogP contribution in [0.3, 0.4) is 0 Å². The quantitative estimate of drug-likeness (QED) is 0.223. The van der Waals surface area contributed by atoms with Crippen LogP contribution >= 0.6 is 0 Å². The Morgan fingerprint density at radius 3 is 2.41 bits per heavy atom. The maximum absolute atomic E-state index is 13.7. The molecule has 2 N–H and O–H groups in total. The molecule has 2 atom stereocenters. The molecule has 0 radical (unpaired) electrons. The standard InChI is InChI=1S/C35H41N3O3/c1-24(2)22-26(37-34(40)30-18-10-17-29-32(30)27-15-6-7-16-28(27)33(29)39)23-38-21-11-19-31(38)35(41)36-20-9-8-14-25-12-4-3-5-13-25/h3-7,10,12-13,15-18,24,26,31H,8-9,11,14,19-23H2,1-2H3,(H,36,41)(H,37,40)/t26-,31+/m1/s1. The van der Waals surface area contributed by atoms with Crippen LogP contribution in [0.15, 0.2) is 72.8 Å². The van der Waals surface area contributed by atoms with E-state index in [0.29, 0.717) is 35.7 Å². The van der Waals surface area contributed by atoms with Crippen LogP contribution in [-0.4, -0.2) is 54.2 Å². The van der Waals surface area contributed by atoms with Crippen LogP contribution in [0.2, 0.25) is 0 Å². The predicted molar refractivity (Wildman–Crippen MR) is 163 cm³/mol. The van der Waals surface area contributed by atoms with Crippen molar-refractivity contribution in [2.24, 2.45) is 5.92 Å². The summed E-state index contributed by atoms with van der Waals surface area (Å²) < 4.78 is 0. The second-order valence-electron chi connectivity index (χ2n) is 11.8. The Morgan fingerprint density at radius 1 is 0.902 bits per heavy atom. The first kappa shape index (κ1) is 28.7. The number of amides is 2. The van der Waals surface area contributed by atoms with Crippen molar-refractivity contribution in [2.45, 2.75) is 64.5 Å². The third-order valence-electron chi connectivity index (χ3n) is 8.24. The van der Waals surface area contributed by atoms with Crippen LogP contribution in [0.5, 0.6) is 0 Å². The Kier molecular flexibility index (Phi) is 9.30. The second-order valence-corrected chi connectivity index (χ2v) is 11.8. The molecule has 1 aliphatic carbocycles. The van der Waals surface area contributed by atoms with Gasteiger partial charge in [-0.25, -0.2) is 0 Å². The van der Waals surface area contributed by atoms with Crippen molar-refractivity contribution < 1.29 is 14.4 Å². The highest BCUT2D eigenvalue weighted by molar-refractivity contribution is 6.24. The highest BCUT2D eigenvalue weighted by Crippen LogP contribution is 2.38. The number of hydrogen-bond acceptors (Lipinski definition) is 4. The van der Waals surface area contributed by atoms with Crippen molar-refractivity contribution in [3.05, 3.63) is 95.1 Å². The first-order chi connectivity index (χ1) is 19.9. The largest absolute Gasteiger partial charge is 0.355 e. The topological polar surface area (TPSA) is 78.5 Å². The summed E-state index contributed by atoms with van der Waals surface area (Å²) in [6.07, 6.45) is 5.63. The van der Waals surface area contributed by atoms with Crippen molar-refractivity contribution >= 4 is 17.6 Å². The van der Waals surface area contributed by atoms with Crippen molar-refractivity contribution in [1.82, 2.24) is 15.5 Å². The lowest BCUT2D eigenvalue weighted by Gasteiger charge is -2.30. The Hall–Kier alpha value is -3.77. The molecule has 6 nitrogen and oxygen atoms in total. The molecule has 5 rings (SSSR count). The highest BCUT2D eigenvalue weighted by atomic mass is 16.2. The van der Waals surface area contributed by atoms with E-state index in [4.69, 9.17) is 0 Å². The van der Waals surface area contributed by atoms with Gasteiger partial charge >= 0.3 is 0 Å². The van der Waals surface area contributed by atoms with Gasteiger partial charge in [0.25, 0.3) is 5.91 Å². The highest BCUT2D eigenvalue weighted by Gasteiger charge is 2.34. The van der Waals surface area contributed by atoms with Gasteiger partial charge in [0.05, 0.1) is 6.04 Å². The maximum atomic E-state index is 13.7. The number of fused-ring (bicyclic) bond motifs is 3. The Bertz CT molecular complexity index is 1380. The van der Waals surface area contributed by atoms with Crippen molar-refractivity contribution in [3.63, 3.8) is 0 Å². The molecule has 3 aromatic rings. The van der Waals surface area contributed by atoms with E-state index in [1.165, 1.54) is 5.56 Å². The van der Waals surface area contributed by atoms with Crippen LogP contribution in [0.1, 0.15) is 77.8 Å². The SMILES string of the molecule is CC(C)C[C@H](CN1CCC[C@H]1C(=O)NCCCCc1ccccc1)NC(=O)c1cccc2c1-c1ccccc1C2=O. The molecule has 0 aromatic heterocycles. The average molecular weight is 552 g/mol. The second kappa shape index (κ2) is 13.3. The molecule has 0 saturated carbocycles. The summed E-state index contributed by atoms with van der Waals surface area (Å²) in [7, 11) is 0. The minimum absolute atomic E-state index is 0.0324. The summed E-state index contributed by atoms with van der Waals surface area (Å²) in [6, 6.07) is 23.1. The molecule has 6 heteroatoms. The minimum Gasteiger partial charge on any atom is -0.355 e. The van der Waals surface area contributed by atoms with Crippen LogP contribution < -0.4 is 10.6 Å². The van der Waals surface area contributed by atoms with Gasteiger partial charge in [0.1, 0.15) is 0 Å². The van der Waals surface area contributed by atoms with E-state index in [-0.39, 0.29) is 29.7 Å². The molecule has 0 spiro atoms. The third-order valence-corrected chi connectivity index (χ3v) is 8.24. The van der Waals surface area contributed by atoms with Gasteiger partial charge in [0.2, 0.25) is 5.91 Å². The van der Waals surface area contributed by atoms with E-state index in [0.717, 1.165) is 56.2 Å². The van der Waals surface area contributed by atoms with E-state index in [9.17, 15) is 14.4 Å². The fourth-order valence-corrected chi connectivity index (χ4v) is 6.33. The lowest BCUT2D eigenvalue weighted by molar-refractivity contribution is -0.125. The van der Waals surface area contributed by atoms with Crippen molar-refractivity contribution in [3.8, 4) is 11.1 Å². The zero-order valence-corrected chi connectivity index (χ0v) is 24.2. The number of benzene rings is 3. The number of nitrogens with zero attached hydrogens (tertiary/aromatic N) is 1. The van der Waals surface area contributed by atoms with Crippen LogP contribution in [0.4, 0.5) is 0 Å². The van der Waals surface area contributed by atoms with Gasteiger partial charge in [-0.3, -0.25) is 19.3 Å². The van der Waals surface area contributed by atoms with E-state index in [2.05, 4.69) is 53.6 Å². The number of ketones is 1. The van der Waals surface area contributed by atoms with E-state index >= 15 is 0 Å². The summed E-state index contributed by atoms with van der Waals surface area (Å²) >= 11 is 0. The summed E-state index contributed by atoms with van der Waals surface area (Å²) in [6.45, 7) is 6.46. The smallest absolute Gasteiger partial charge is 0.252 e. The van der Waals surface area contributed by atoms with E-state index in [1.807, 2.05) is 30.3 Å². The van der Waals surface area contributed by atoms with Crippen LogP contribution in [0.25, 0.3) is 11.1 Å². The molecule has 214 valence electrons. The summed E-state index contributed by atoms with van der Waals surface area (Å²) in [5, 5.41) is 6.44. The Balaban J connectivity index is 1.20. The average Bonchev–Trinajstić information content (AvgIpc) is 3.55. The zero-order chi connectivity index (χ0) is 28.8. The third kappa shape index (κ3) is 6.76. The molecule has 3 aromatic carbocycles. The molecular formula is C35H41N3O3. The number of likely N-dealkylation sites (tertiary alicyclic amines) is 1. The molecule has 41 heavy (non-hydrogen) atoms. The maximum Gasteiger partial charge on any atom is 0.252 e. The lowest BCUT2D eigenvalue weighted by atomic mass is 9.97. The molecule has 1 heterocycles. The van der Waals surface area contributed by atoms with Crippen LogP contribution in [-0.2, 0) is 11.2 Å². The van der Waals surface area contributed by atoms with Gasteiger partial charge < -0.3 is 10.6 Å². The van der Waals surface area contributed by atoms with Crippen LogP contribution in [0, 0.1) is 5.92 Å². The number of carbonyl (C=O) groups is 3. The fraction of sp³-hybridized carbons (Fsp3) is 0.400. The molecule has 0 unspecified atom stereocenters. The molecule has 1 fully saturated rings. The van der Waals surface area contributed by atoms with Gasteiger partial charge in [-0.15, -0.1) is 0 Å². The lowest BCUT2D eigenvalue weighted by Crippen LogP contribution is -2.50. The van der Waals surface area contributed by atoms with Crippen molar-refractivity contribution in [1.29, 1.82) is 0 Å². The van der Waals surface area contributed by atoms with E-state index < -0.39 is 0 Å². The molecule has 1 aliphatic heterocycles. The number of rotatable bonds is 12. The number of unbranched alkanes of at least 4 members (excludes halogenated alkanes) is 1. The predicted octanol–water partition coefficient (Wildman–Crippen LogP) is 5.65.